The van der Waals surface area contributed by atoms with Crippen LogP contribution in [-0.4, -0.2) is 10.9 Å². The van der Waals surface area contributed by atoms with E-state index in [1.165, 1.54) is 18.3 Å². The maximum absolute atomic E-state index is 11.0. The van der Waals surface area contributed by atoms with Gasteiger partial charge in [-0.1, -0.05) is 0 Å². The van der Waals surface area contributed by atoms with Crippen molar-refractivity contribution in [2.45, 2.75) is 6.85 Å². The van der Waals surface area contributed by atoms with Crippen LogP contribution < -0.4 is 5.32 Å². The Kier molecular flexibility index (Phi) is 1.54. The van der Waals surface area contributed by atoms with Gasteiger partial charge in [0, 0.05) is 22.8 Å². The highest BCUT2D eigenvalue weighted by Gasteiger charge is 1.94. The maximum atomic E-state index is 11.0. The van der Waals surface area contributed by atoms with Crippen LogP contribution in [-0.2, 0) is 4.79 Å². The van der Waals surface area contributed by atoms with E-state index in [9.17, 15) is 4.79 Å². The summed E-state index contributed by atoms with van der Waals surface area (Å²) in [5.74, 6) is -1.00. The van der Waals surface area contributed by atoms with Gasteiger partial charge in [-0.2, -0.15) is 0 Å². The van der Waals surface area contributed by atoms with Crippen molar-refractivity contribution >= 4 is 27.5 Å². The van der Waals surface area contributed by atoms with Crippen molar-refractivity contribution in [3.05, 3.63) is 22.9 Å². The molecule has 1 amide bonds. The Hall–Kier alpha value is -0.900. The Morgan fingerprint density at radius 3 is 3.36 bits per heavy atom. The molecule has 0 saturated carbocycles. The Morgan fingerprint density at radius 1 is 1.91 bits per heavy atom. The molecule has 0 aliphatic rings. The molecule has 11 heavy (non-hydrogen) atoms. The molecular weight excluding hydrogens is 208 g/mol. The number of anilines is 1. The third-order valence-electron chi connectivity index (χ3n) is 0.984. The van der Waals surface area contributed by atoms with E-state index in [2.05, 4.69) is 26.2 Å². The van der Waals surface area contributed by atoms with Crippen molar-refractivity contribution < 1.29 is 8.91 Å². The summed E-state index contributed by atoms with van der Waals surface area (Å²) >= 11 is 3.10. The fraction of sp³-hybridized carbons (Fsp3) is 0.143. The van der Waals surface area contributed by atoms with E-state index in [0.29, 0.717) is 10.3 Å². The minimum atomic E-state index is -2.63. The van der Waals surface area contributed by atoms with Gasteiger partial charge in [0.05, 0.1) is 0 Å². The zero-order valence-electron chi connectivity index (χ0n) is 8.47. The third-order valence-corrected chi connectivity index (χ3v) is 1.42. The Morgan fingerprint density at radius 2 is 2.73 bits per heavy atom. The number of rotatable bonds is 1. The lowest BCUT2D eigenvalue weighted by atomic mass is 10.4. The minimum Gasteiger partial charge on any atom is -0.326 e. The van der Waals surface area contributed by atoms with Gasteiger partial charge >= 0.3 is 0 Å². The summed E-state index contributed by atoms with van der Waals surface area (Å²) in [6, 6.07) is 3.03. The molecule has 0 unspecified atom stereocenters. The molecule has 0 aliphatic heterocycles. The first-order valence-electron chi connectivity index (χ1n) is 4.32. The van der Waals surface area contributed by atoms with Crippen molar-refractivity contribution in [2.24, 2.45) is 0 Å². The number of hydrogen-bond donors (Lipinski definition) is 1. The molecule has 0 bridgehead atoms. The zero-order chi connectivity index (χ0) is 10.8. The average Bonchev–Trinajstić information content (AvgIpc) is 2.02. The van der Waals surface area contributed by atoms with Crippen molar-refractivity contribution in [3.63, 3.8) is 0 Å². The normalized spacial score (nSPS) is 14.5. The number of nitrogens with one attached hydrogen (secondary N) is 1. The maximum Gasteiger partial charge on any atom is 0.221 e. The minimum absolute atomic E-state index is 0.396. The summed E-state index contributed by atoms with van der Waals surface area (Å²) in [6.45, 7) is -2.63. The highest BCUT2D eigenvalue weighted by atomic mass is 79.9. The van der Waals surface area contributed by atoms with Crippen LogP contribution in [0.25, 0.3) is 0 Å². The van der Waals surface area contributed by atoms with E-state index in [1.807, 2.05) is 0 Å². The Bertz CT molecular complexity index is 353. The van der Waals surface area contributed by atoms with Crippen LogP contribution in [0.5, 0.6) is 0 Å². The molecule has 0 radical (unpaired) electrons. The van der Waals surface area contributed by atoms with E-state index in [1.54, 1.807) is 0 Å². The zero-order valence-corrected chi connectivity index (χ0v) is 7.05. The summed E-state index contributed by atoms with van der Waals surface area (Å²) in [4.78, 5) is 14.9. The molecule has 0 aromatic carbocycles. The van der Waals surface area contributed by atoms with Crippen molar-refractivity contribution in [3.8, 4) is 0 Å². The van der Waals surface area contributed by atoms with Crippen LogP contribution >= 0.6 is 15.9 Å². The lowest BCUT2D eigenvalue weighted by molar-refractivity contribution is -0.114. The molecule has 1 aromatic heterocycles. The average molecular weight is 218 g/mol. The van der Waals surface area contributed by atoms with Crippen molar-refractivity contribution in [1.82, 2.24) is 4.98 Å². The van der Waals surface area contributed by atoms with E-state index >= 15 is 0 Å². The fourth-order valence-electron chi connectivity index (χ4n) is 0.611. The van der Waals surface area contributed by atoms with E-state index in [0.717, 1.165) is 0 Å². The monoisotopic (exact) mass is 217 g/mol. The van der Waals surface area contributed by atoms with E-state index < -0.39 is 12.8 Å². The molecule has 0 atom stereocenters. The SMILES string of the molecule is [2H]C([2H])([2H])C(=O)Nc1ccnc(Br)c1. The molecular formula is C7H7BrN2O. The van der Waals surface area contributed by atoms with E-state index in [-0.39, 0.29) is 0 Å². The first kappa shape index (κ1) is 4.87. The summed E-state index contributed by atoms with van der Waals surface area (Å²) in [5, 5.41) is 2.25. The number of halogens is 1. The van der Waals surface area contributed by atoms with Gasteiger partial charge in [-0.3, -0.25) is 4.79 Å². The van der Waals surface area contributed by atoms with Crippen LogP contribution in [0.15, 0.2) is 22.9 Å². The molecule has 0 spiro atoms. The van der Waals surface area contributed by atoms with Crippen LogP contribution in [0.2, 0.25) is 0 Å². The van der Waals surface area contributed by atoms with Gasteiger partial charge in [0.25, 0.3) is 0 Å². The summed E-state index contributed by atoms with van der Waals surface area (Å²) < 4.78 is 21.0. The predicted molar refractivity (Wildman–Crippen MR) is 46.2 cm³/mol. The molecule has 1 heterocycles. The molecule has 3 nitrogen and oxygen atoms in total. The lowest BCUT2D eigenvalue weighted by Gasteiger charge is -1.99. The van der Waals surface area contributed by atoms with Crippen LogP contribution in [0.1, 0.15) is 11.0 Å². The second-order valence-corrected chi connectivity index (χ2v) is 2.63. The molecule has 1 aromatic rings. The second kappa shape index (κ2) is 3.48. The number of pyridine rings is 1. The van der Waals surface area contributed by atoms with Crippen LogP contribution in [0.3, 0.4) is 0 Å². The third kappa shape index (κ3) is 2.67. The number of carbonyl (C=O) groups is 1. The molecule has 58 valence electrons. The lowest BCUT2D eigenvalue weighted by Crippen LogP contribution is -2.05. The number of amides is 1. The van der Waals surface area contributed by atoms with Gasteiger partial charge in [0.1, 0.15) is 4.60 Å². The summed E-state index contributed by atoms with van der Waals surface area (Å²) in [6.07, 6.45) is 1.46. The van der Waals surface area contributed by atoms with Gasteiger partial charge in [0.2, 0.25) is 5.91 Å². The van der Waals surface area contributed by atoms with Gasteiger partial charge in [-0.25, -0.2) is 4.98 Å². The highest BCUT2D eigenvalue weighted by Crippen LogP contribution is 2.11. The first-order valence-corrected chi connectivity index (χ1v) is 3.62. The summed E-state index contributed by atoms with van der Waals surface area (Å²) in [7, 11) is 0. The standard InChI is InChI=1S/C7H7BrN2O/c1-5(11)10-6-2-3-9-7(8)4-6/h2-4H,1H3,(H,9,10,11)/i1D3. The van der Waals surface area contributed by atoms with Crippen LogP contribution in [0.4, 0.5) is 5.69 Å². The Balaban J connectivity index is 2.75. The van der Waals surface area contributed by atoms with Crippen molar-refractivity contribution in [2.75, 3.05) is 5.32 Å². The number of carbonyl (C=O) groups excluding carboxylic acids is 1. The van der Waals surface area contributed by atoms with E-state index in [4.69, 9.17) is 4.11 Å². The fourth-order valence-corrected chi connectivity index (χ4v) is 0.976. The van der Waals surface area contributed by atoms with Crippen LogP contribution in [0, 0.1) is 0 Å². The predicted octanol–water partition coefficient (Wildman–Crippen LogP) is 1.80. The quantitative estimate of drug-likeness (QED) is 0.730. The highest BCUT2D eigenvalue weighted by molar-refractivity contribution is 9.10. The molecule has 0 fully saturated rings. The number of nitrogens with zero attached hydrogens (tertiary/aromatic N) is 1. The number of aromatic nitrogens is 1. The van der Waals surface area contributed by atoms with Gasteiger partial charge in [0.15, 0.2) is 0 Å². The smallest absolute Gasteiger partial charge is 0.221 e. The molecule has 1 N–H and O–H groups in total. The number of hydrogen-bond acceptors (Lipinski definition) is 2. The van der Waals surface area contributed by atoms with Gasteiger partial charge in [-0.05, 0) is 28.1 Å². The topological polar surface area (TPSA) is 42.0 Å². The largest absolute Gasteiger partial charge is 0.326 e. The van der Waals surface area contributed by atoms with Gasteiger partial charge < -0.3 is 5.32 Å². The molecule has 0 aliphatic carbocycles. The summed E-state index contributed by atoms with van der Waals surface area (Å²) in [5.41, 5.74) is 0.396. The second-order valence-electron chi connectivity index (χ2n) is 1.82. The molecule has 1 rings (SSSR count). The molecule has 4 heteroatoms. The molecule has 0 saturated heterocycles. The van der Waals surface area contributed by atoms with Gasteiger partial charge in [-0.15, -0.1) is 0 Å². The Labute approximate surface area is 77.2 Å². The van der Waals surface area contributed by atoms with Crippen molar-refractivity contribution in [1.29, 1.82) is 0 Å². The first-order chi connectivity index (χ1) is 6.39.